The minimum Gasteiger partial charge on any atom is -0.399 e. The van der Waals surface area contributed by atoms with Crippen molar-refractivity contribution in [2.75, 3.05) is 18.9 Å². The Kier molecular flexibility index (Phi) is 7.40. The molecule has 5 nitrogen and oxygen atoms in total. The summed E-state index contributed by atoms with van der Waals surface area (Å²) in [4.78, 5) is 0. The first-order valence-electron chi connectivity index (χ1n) is 7.40. The third kappa shape index (κ3) is 5.79. The molecule has 0 aliphatic rings. The second kappa shape index (κ2) is 8.54. The van der Waals surface area contributed by atoms with Crippen LogP contribution in [0.2, 0.25) is 0 Å². The van der Waals surface area contributed by atoms with Crippen molar-refractivity contribution in [1.29, 1.82) is 0 Å². The van der Waals surface area contributed by atoms with Gasteiger partial charge in [0.15, 0.2) is 0 Å². The average Bonchev–Trinajstić information content (AvgIpc) is 2.42. The highest BCUT2D eigenvalue weighted by molar-refractivity contribution is 7.54. The number of anilines is 1. The van der Waals surface area contributed by atoms with Gasteiger partial charge in [0.25, 0.3) is 0 Å². The average molecular weight is 314 g/mol. The van der Waals surface area contributed by atoms with Crippen molar-refractivity contribution < 1.29 is 13.6 Å². The zero-order valence-corrected chi connectivity index (χ0v) is 14.0. The van der Waals surface area contributed by atoms with E-state index in [1.54, 1.807) is 0 Å². The van der Waals surface area contributed by atoms with E-state index in [2.05, 4.69) is 0 Å². The van der Waals surface area contributed by atoms with Gasteiger partial charge in [-0.2, -0.15) is 0 Å². The molecule has 0 aliphatic carbocycles. The van der Waals surface area contributed by atoms with Crippen molar-refractivity contribution >= 4 is 13.3 Å². The minimum atomic E-state index is -3.08. The highest BCUT2D eigenvalue weighted by Gasteiger charge is 2.32. The predicted molar refractivity (Wildman–Crippen MR) is 87.5 cm³/mol. The van der Waals surface area contributed by atoms with Gasteiger partial charge in [0.2, 0.25) is 0 Å². The molecule has 0 saturated heterocycles. The number of nitrogen functional groups attached to an aromatic ring is 1. The Morgan fingerprint density at radius 3 is 2.14 bits per heavy atom. The van der Waals surface area contributed by atoms with E-state index in [9.17, 15) is 4.57 Å². The Balaban J connectivity index is 2.61. The molecule has 21 heavy (non-hydrogen) atoms. The molecule has 0 heterocycles. The fraction of sp³-hybridized carbons (Fsp3) is 0.600. The first-order chi connectivity index (χ1) is 9.91. The Hall–Kier alpha value is -0.870. The summed E-state index contributed by atoms with van der Waals surface area (Å²) < 4.78 is 23.3. The third-order valence-electron chi connectivity index (χ3n) is 3.28. The van der Waals surface area contributed by atoms with Crippen molar-refractivity contribution in [3.05, 3.63) is 29.8 Å². The molecule has 6 heteroatoms. The molecule has 1 aromatic rings. The third-order valence-corrected chi connectivity index (χ3v) is 5.81. The largest absolute Gasteiger partial charge is 0.399 e. The Morgan fingerprint density at radius 2 is 1.67 bits per heavy atom. The van der Waals surface area contributed by atoms with Gasteiger partial charge in [0.1, 0.15) is 0 Å². The maximum absolute atomic E-state index is 12.6. The molecule has 0 spiro atoms. The van der Waals surface area contributed by atoms with Crippen LogP contribution in [0.4, 0.5) is 5.69 Å². The van der Waals surface area contributed by atoms with Gasteiger partial charge in [-0.3, -0.25) is 4.57 Å². The van der Waals surface area contributed by atoms with Crippen LogP contribution in [0.5, 0.6) is 0 Å². The SMILES string of the molecule is CCOP(=O)(OCC)C(C)C[C@@H](N)Cc1ccc(N)cc1. The summed E-state index contributed by atoms with van der Waals surface area (Å²) in [6.45, 7) is 6.23. The van der Waals surface area contributed by atoms with E-state index in [4.69, 9.17) is 20.5 Å². The second-order valence-electron chi connectivity index (χ2n) is 5.17. The van der Waals surface area contributed by atoms with Crippen LogP contribution in [-0.4, -0.2) is 24.9 Å². The van der Waals surface area contributed by atoms with Crippen molar-refractivity contribution in [3.8, 4) is 0 Å². The van der Waals surface area contributed by atoms with Crippen molar-refractivity contribution in [1.82, 2.24) is 0 Å². The molecule has 2 atom stereocenters. The fourth-order valence-electron chi connectivity index (χ4n) is 2.26. The molecule has 0 radical (unpaired) electrons. The first-order valence-corrected chi connectivity index (χ1v) is 9.01. The van der Waals surface area contributed by atoms with Crippen LogP contribution in [-0.2, 0) is 20.0 Å². The van der Waals surface area contributed by atoms with E-state index in [-0.39, 0.29) is 11.7 Å². The van der Waals surface area contributed by atoms with Crippen LogP contribution in [0.25, 0.3) is 0 Å². The van der Waals surface area contributed by atoms with E-state index in [0.717, 1.165) is 11.3 Å². The van der Waals surface area contributed by atoms with Crippen LogP contribution in [0.3, 0.4) is 0 Å². The molecule has 0 bridgehead atoms. The topological polar surface area (TPSA) is 87.6 Å². The van der Waals surface area contributed by atoms with Gasteiger partial charge in [0, 0.05) is 11.7 Å². The summed E-state index contributed by atoms with van der Waals surface area (Å²) in [6, 6.07) is 7.54. The molecule has 1 aromatic carbocycles. The molecule has 120 valence electrons. The molecule has 0 fully saturated rings. The molecular formula is C15H27N2O3P. The summed E-state index contributed by atoms with van der Waals surface area (Å²) in [5, 5.41) is 0. The lowest BCUT2D eigenvalue weighted by Gasteiger charge is -2.25. The Labute approximate surface area is 127 Å². The van der Waals surface area contributed by atoms with E-state index in [0.29, 0.717) is 26.1 Å². The predicted octanol–water partition coefficient (Wildman–Crippen LogP) is 3.18. The van der Waals surface area contributed by atoms with Gasteiger partial charge in [-0.05, 0) is 44.4 Å². The van der Waals surface area contributed by atoms with E-state index < -0.39 is 7.60 Å². The van der Waals surface area contributed by atoms with Crippen molar-refractivity contribution in [3.63, 3.8) is 0 Å². The summed E-state index contributed by atoms with van der Waals surface area (Å²) in [7, 11) is -3.08. The Morgan fingerprint density at radius 1 is 1.14 bits per heavy atom. The molecule has 0 aromatic heterocycles. The Bertz CT molecular complexity index is 454. The number of nitrogens with two attached hydrogens (primary N) is 2. The van der Waals surface area contributed by atoms with Gasteiger partial charge in [-0.25, -0.2) is 0 Å². The number of rotatable bonds is 9. The van der Waals surface area contributed by atoms with Crippen molar-refractivity contribution in [2.24, 2.45) is 5.73 Å². The zero-order chi connectivity index (χ0) is 15.9. The fourth-order valence-corrected chi connectivity index (χ4v) is 4.09. The van der Waals surface area contributed by atoms with Crippen LogP contribution >= 0.6 is 7.60 Å². The molecule has 0 aliphatic heterocycles. The summed E-state index contributed by atoms with van der Waals surface area (Å²) in [5.74, 6) is 0. The maximum Gasteiger partial charge on any atom is 0.333 e. The normalized spacial score (nSPS) is 14.9. The molecule has 1 rings (SSSR count). The number of hydrogen-bond acceptors (Lipinski definition) is 5. The molecule has 0 saturated carbocycles. The van der Waals surface area contributed by atoms with E-state index in [1.165, 1.54) is 0 Å². The van der Waals surface area contributed by atoms with Crippen LogP contribution in [0, 0.1) is 0 Å². The number of benzene rings is 1. The van der Waals surface area contributed by atoms with Gasteiger partial charge >= 0.3 is 7.60 Å². The minimum absolute atomic E-state index is 0.0992. The quantitative estimate of drug-likeness (QED) is 0.540. The van der Waals surface area contributed by atoms with Crippen LogP contribution in [0.15, 0.2) is 24.3 Å². The van der Waals surface area contributed by atoms with E-state index >= 15 is 0 Å². The molecule has 4 N–H and O–H groups in total. The van der Waals surface area contributed by atoms with Crippen LogP contribution < -0.4 is 11.5 Å². The highest BCUT2D eigenvalue weighted by Crippen LogP contribution is 2.54. The smallest absolute Gasteiger partial charge is 0.333 e. The molecular weight excluding hydrogens is 287 g/mol. The molecule has 1 unspecified atom stereocenters. The summed E-state index contributed by atoms with van der Waals surface area (Å²) in [6.07, 6.45) is 1.30. The highest BCUT2D eigenvalue weighted by atomic mass is 31.2. The van der Waals surface area contributed by atoms with Crippen molar-refractivity contribution in [2.45, 2.75) is 45.3 Å². The standard InChI is InChI=1S/C15H27N2O3P/c1-4-19-21(18,20-5-2)12(3)10-15(17)11-13-6-8-14(16)9-7-13/h6-9,12,15H,4-5,10-11,16-17H2,1-3H3/t12?,15-/m1/s1. The monoisotopic (exact) mass is 314 g/mol. The van der Waals surface area contributed by atoms with Gasteiger partial charge in [0.05, 0.1) is 18.9 Å². The number of hydrogen-bond donors (Lipinski definition) is 2. The lowest BCUT2D eigenvalue weighted by Crippen LogP contribution is -2.28. The lowest BCUT2D eigenvalue weighted by molar-refractivity contribution is 0.211. The van der Waals surface area contributed by atoms with Gasteiger partial charge in [-0.15, -0.1) is 0 Å². The summed E-state index contributed by atoms with van der Waals surface area (Å²) in [5.41, 5.74) is 13.5. The van der Waals surface area contributed by atoms with E-state index in [1.807, 2.05) is 45.0 Å². The second-order valence-corrected chi connectivity index (χ2v) is 7.64. The first kappa shape index (κ1) is 18.2. The summed E-state index contributed by atoms with van der Waals surface area (Å²) >= 11 is 0. The maximum atomic E-state index is 12.6. The lowest BCUT2D eigenvalue weighted by atomic mass is 10.0. The zero-order valence-electron chi connectivity index (χ0n) is 13.1. The van der Waals surface area contributed by atoms with Gasteiger partial charge < -0.3 is 20.5 Å². The van der Waals surface area contributed by atoms with Crippen LogP contribution in [0.1, 0.15) is 32.8 Å². The van der Waals surface area contributed by atoms with Gasteiger partial charge in [-0.1, -0.05) is 19.1 Å². The molecule has 0 amide bonds.